The molecule has 1 N–H and O–H groups in total. The molecule has 2 heterocycles. The highest BCUT2D eigenvalue weighted by atomic mass is 16.6. The van der Waals surface area contributed by atoms with Crippen molar-refractivity contribution in [2.45, 2.75) is 5.72 Å². The van der Waals surface area contributed by atoms with Gasteiger partial charge in [0.25, 0.3) is 0 Å². The van der Waals surface area contributed by atoms with Crippen LogP contribution in [0, 0.1) is 11.3 Å². The second-order valence-corrected chi connectivity index (χ2v) is 3.12. The van der Waals surface area contributed by atoms with Gasteiger partial charge in [-0.05, 0) is 12.1 Å². The van der Waals surface area contributed by atoms with Crippen LogP contribution >= 0.6 is 0 Å². The molecular weight excluding hydrogens is 164 g/mol. The molecule has 0 saturated carbocycles. The van der Waals surface area contributed by atoms with Crippen molar-refractivity contribution in [2.24, 2.45) is 0 Å². The Morgan fingerprint density at radius 1 is 1.38 bits per heavy atom. The van der Waals surface area contributed by atoms with Crippen LogP contribution in [0.5, 0.6) is 0 Å². The molecule has 0 amide bonds. The minimum Gasteiger partial charge on any atom is -0.445 e. The van der Waals surface area contributed by atoms with Gasteiger partial charge in [0, 0.05) is 11.3 Å². The lowest BCUT2D eigenvalue weighted by molar-refractivity contribution is 0.398. The first-order valence-electron chi connectivity index (χ1n) is 4.04. The van der Waals surface area contributed by atoms with Crippen LogP contribution in [0.15, 0.2) is 30.0 Å². The van der Waals surface area contributed by atoms with Crippen LogP contribution in [-0.2, 0) is 4.74 Å². The molecule has 1 atom stereocenters. The molecular formula is C10H6N2O. The number of hydrogen-bond acceptors (Lipinski definition) is 3. The highest BCUT2D eigenvalue weighted by Gasteiger charge is 2.56. The van der Waals surface area contributed by atoms with Crippen LogP contribution in [0.2, 0.25) is 0 Å². The minimum atomic E-state index is -0.853. The number of hydrogen-bond donors (Lipinski definition) is 1. The molecule has 0 spiro atoms. The van der Waals surface area contributed by atoms with E-state index in [9.17, 15) is 0 Å². The number of fused-ring (bicyclic) bond motifs is 2. The van der Waals surface area contributed by atoms with E-state index >= 15 is 0 Å². The molecule has 1 aromatic carbocycles. The van der Waals surface area contributed by atoms with Crippen molar-refractivity contribution in [1.82, 2.24) is 0 Å². The van der Waals surface area contributed by atoms with Gasteiger partial charge in [-0.2, -0.15) is 5.26 Å². The van der Waals surface area contributed by atoms with Gasteiger partial charge in [-0.25, -0.2) is 0 Å². The molecule has 0 aromatic heterocycles. The number of epoxide rings is 1. The predicted octanol–water partition coefficient (Wildman–Crippen LogP) is 1.70. The van der Waals surface area contributed by atoms with Crippen LogP contribution < -0.4 is 5.32 Å². The lowest BCUT2D eigenvalue weighted by Crippen LogP contribution is -2.22. The van der Waals surface area contributed by atoms with Gasteiger partial charge in [0.15, 0.2) is 5.76 Å². The van der Waals surface area contributed by atoms with Crippen molar-refractivity contribution in [2.75, 3.05) is 5.32 Å². The number of anilines is 1. The number of rotatable bonds is 0. The molecule has 13 heavy (non-hydrogen) atoms. The van der Waals surface area contributed by atoms with Crippen LogP contribution in [0.3, 0.4) is 0 Å². The Hall–Kier alpha value is -1.95. The number of nitrogens with zero attached hydrogens (tertiary/aromatic N) is 1. The third-order valence-corrected chi connectivity index (χ3v) is 2.28. The topological polar surface area (TPSA) is 48.4 Å². The van der Waals surface area contributed by atoms with Crippen LogP contribution in [0.25, 0.3) is 6.08 Å². The Balaban J connectivity index is 2.16. The maximum absolute atomic E-state index is 8.84. The van der Waals surface area contributed by atoms with Gasteiger partial charge in [0.05, 0.1) is 0 Å². The number of para-hydroxylation sites is 1. The summed E-state index contributed by atoms with van der Waals surface area (Å²) in [5.41, 5.74) is 1.17. The quantitative estimate of drug-likeness (QED) is 0.603. The van der Waals surface area contributed by atoms with E-state index in [0.29, 0.717) is 5.76 Å². The first-order valence-corrected chi connectivity index (χ1v) is 4.04. The van der Waals surface area contributed by atoms with E-state index in [1.54, 1.807) is 0 Å². The number of nitrogens with one attached hydrogen (secondary N) is 1. The summed E-state index contributed by atoms with van der Waals surface area (Å²) < 4.78 is 5.19. The van der Waals surface area contributed by atoms with E-state index in [1.165, 1.54) is 0 Å². The first-order chi connectivity index (χ1) is 6.34. The molecule has 1 fully saturated rings. The molecule has 1 unspecified atom stereocenters. The maximum Gasteiger partial charge on any atom is 0.328 e. The van der Waals surface area contributed by atoms with Crippen LogP contribution in [0.1, 0.15) is 5.56 Å². The van der Waals surface area contributed by atoms with Crippen molar-refractivity contribution in [1.29, 1.82) is 5.26 Å². The molecule has 0 aliphatic carbocycles. The third kappa shape index (κ3) is 0.721. The Bertz CT molecular complexity index is 458. The number of benzene rings is 1. The summed E-state index contributed by atoms with van der Waals surface area (Å²) in [5, 5.41) is 11.9. The Morgan fingerprint density at radius 3 is 3.08 bits per heavy atom. The molecule has 3 heteroatoms. The molecule has 2 aliphatic rings. The normalized spacial score (nSPS) is 26.8. The van der Waals surface area contributed by atoms with Crippen molar-refractivity contribution >= 4 is 11.8 Å². The first kappa shape index (κ1) is 6.55. The van der Waals surface area contributed by atoms with E-state index in [-0.39, 0.29) is 0 Å². The molecule has 3 nitrogen and oxygen atoms in total. The summed E-state index contributed by atoms with van der Waals surface area (Å²) in [4.78, 5) is 0. The standard InChI is InChI=1S/C10H6N2O/c11-6-10-9(13-10)5-7-3-1-2-4-8(7)12-10/h1-5,12H. The van der Waals surface area contributed by atoms with E-state index in [1.807, 2.05) is 30.3 Å². The highest BCUT2D eigenvalue weighted by Crippen LogP contribution is 2.46. The fourth-order valence-electron chi connectivity index (χ4n) is 1.53. The molecule has 2 aliphatic heterocycles. The average Bonchev–Trinajstić information content (AvgIpc) is 2.88. The molecule has 62 valence electrons. The molecule has 0 radical (unpaired) electrons. The van der Waals surface area contributed by atoms with Crippen molar-refractivity contribution in [3.63, 3.8) is 0 Å². The third-order valence-electron chi connectivity index (χ3n) is 2.28. The van der Waals surface area contributed by atoms with Crippen molar-refractivity contribution in [3.8, 4) is 6.07 Å². The largest absolute Gasteiger partial charge is 0.445 e. The van der Waals surface area contributed by atoms with E-state index in [0.717, 1.165) is 11.3 Å². The van der Waals surface area contributed by atoms with Gasteiger partial charge in [0.2, 0.25) is 0 Å². The van der Waals surface area contributed by atoms with Gasteiger partial charge in [-0.15, -0.1) is 0 Å². The van der Waals surface area contributed by atoms with Gasteiger partial charge >= 0.3 is 5.72 Å². The van der Waals surface area contributed by atoms with Crippen molar-refractivity contribution in [3.05, 3.63) is 35.6 Å². The summed E-state index contributed by atoms with van der Waals surface area (Å²) in [5.74, 6) is 0.716. The monoisotopic (exact) mass is 170 g/mol. The second-order valence-electron chi connectivity index (χ2n) is 3.12. The summed E-state index contributed by atoms with van der Waals surface area (Å²) in [6.07, 6.45) is 1.90. The van der Waals surface area contributed by atoms with E-state index in [4.69, 9.17) is 10.00 Å². The van der Waals surface area contributed by atoms with Crippen molar-refractivity contribution < 1.29 is 4.74 Å². The van der Waals surface area contributed by atoms with E-state index in [2.05, 4.69) is 11.4 Å². The van der Waals surface area contributed by atoms with Gasteiger partial charge in [0.1, 0.15) is 6.07 Å². The van der Waals surface area contributed by atoms with Gasteiger partial charge < -0.3 is 10.1 Å². The fourth-order valence-corrected chi connectivity index (χ4v) is 1.53. The minimum absolute atomic E-state index is 0.716. The summed E-state index contributed by atoms with van der Waals surface area (Å²) in [6.45, 7) is 0. The smallest absolute Gasteiger partial charge is 0.328 e. The summed E-state index contributed by atoms with van der Waals surface area (Å²) in [7, 11) is 0. The van der Waals surface area contributed by atoms with E-state index < -0.39 is 5.72 Å². The lowest BCUT2D eigenvalue weighted by atomic mass is 10.1. The second kappa shape index (κ2) is 1.86. The van der Waals surface area contributed by atoms with Gasteiger partial charge in [-0.3, -0.25) is 0 Å². The zero-order chi connectivity index (χ0) is 8.89. The van der Waals surface area contributed by atoms with Crippen LogP contribution in [-0.4, -0.2) is 5.72 Å². The van der Waals surface area contributed by atoms with Gasteiger partial charge in [-0.1, -0.05) is 18.2 Å². The number of nitriles is 1. The Morgan fingerprint density at radius 2 is 2.23 bits per heavy atom. The fraction of sp³-hybridized carbons (Fsp3) is 0.100. The lowest BCUT2D eigenvalue weighted by Gasteiger charge is -2.11. The number of ether oxygens (including phenoxy) is 1. The molecule has 1 aromatic rings. The Labute approximate surface area is 75.2 Å². The van der Waals surface area contributed by atoms with Crippen LogP contribution in [0.4, 0.5) is 5.69 Å². The zero-order valence-corrected chi connectivity index (χ0v) is 6.74. The SMILES string of the molecule is N#CC12Nc3ccccc3C=C1O2. The molecule has 3 rings (SSSR count). The molecule has 1 saturated heterocycles. The summed E-state index contributed by atoms with van der Waals surface area (Å²) >= 11 is 0. The summed E-state index contributed by atoms with van der Waals surface area (Å²) in [6, 6.07) is 9.90. The maximum atomic E-state index is 8.84. The average molecular weight is 170 g/mol. The predicted molar refractivity (Wildman–Crippen MR) is 47.5 cm³/mol. The highest BCUT2D eigenvalue weighted by molar-refractivity contribution is 5.78. The molecule has 0 bridgehead atoms. The Kier molecular flexibility index (Phi) is 0.936. The zero-order valence-electron chi connectivity index (χ0n) is 6.74.